The molecular formula is C8H7BrFN3. The van der Waals surface area contributed by atoms with Crippen LogP contribution in [-0.4, -0.2) is 14.5 Å². The van der Waals surface area contributed by atoms with Gasteiger partial charge in [-0.05, 0) is 22.9 Å². The first kappa shape index (κ1) is 8.62. The van der Waals surface area contributed by atoms with E-state index in [-0.39, 0.29) is 10.4 Å². The topological polar surface area (TPSA) is 30.7 Å². The molecule has 2 heterocycles. The third-order valence-corrected chi connectivity index (χ3v) is 2.56. The summed E-state index contributed by atoms with van der Waals surface area (Å²) >= 11 is 3.01. The van der Waals surface area contributed by atoms with E-state index >= 15 is 0 Å². The average molecular weight is 244 g/mol. The minimum Gasteiger partial charge on any atom is -0.330 e. The third-order valence-electron chi connectivity index (χ3n) is 2.01. The summed E-state index contributed by atoms with van der Waals surface area (Å²) < 4.78 is 15.1. The lowest BCUT2D eigenvalue weighted by atomic mass is 10.4. The van der Waals surface area contributed by atoms with Crippen molar-refractivity contribution < 1.29 is 4.39 Å². The van der Waals surface area contributed by atoms with Crippen molar-refractivity contribution in [3.05, 3.63) is 22.3 Å². The standard InChI is InChI=1S/C8H7BrFN3/c1-4-11-8-6(13(4)2)3-5(10)7(9)12-8/h3H,1-2H3. The monoisotopic (exact) mass is 243 g/mol. The number of rotatable bonds is 0. The van der Waals surface area contributed by atoms with Gasteiger partial charge in [-0.25, -0.2) is 14.4 Å². The molecule has 0 aliphatic heterocycles. The molecule has 13 heavy (non-hydrogen) atoms. The molecule has 0 amide bonds. The smallest absolute Gasteiger partial charge is 0.179 e. The normalized spacial score (nSPS) is 11.1. The van der Waals surface area contributed by atoms with Crippen molar-refractivity contribution in [2.75, 3.05) is 0 Å². The lowest BCUT2D eigenvalue weighted by molar-refractivity contribution is 0.615. The minimum absolute atomic E-state index is 0.207. The van der Waals surface area contributed by atoms with E-state index < -0.39 is 0 Å². The van der Waals surface area contributed by atoms with Crippen LogP contribution in [0.3, 0.4) is 0 Å². The molecule has 0 saturated carbocycles. The lowest BCUT2D eigenvalue weighted by Crippen LogP contribution is -1.91. The molecule has 3 nitrogen and oxygen atoms in total. The van der Waals surface area contributed by atoms with Crippen molar-refractivity contribution in [3.63, 3.8) is 0 Å². The maximum atomic E-state index is 13.1. The van der Waals surface area contributed by atoms with Crippen molar-refractivity contribution >= 4 is 27.1 Å². The van der Waals surface area contributed by atoms with E-state index in [4.69, 9.17) is 0 Å². The number of halogens is 2. The molecule has 68 valence electrons. The largest absolute Gasteiger partial charge is 0.330 e. The number of imidazole rings is 1. The Hall–Kier alpha value is -0.970. The predicted molar refractivity (Wildman–Crippen MR) is 50.9 cm³/mol. The molecule has 2 rings (SSSR count). The highest BCUT2D eigenvalue weighted by Crippen LogP contribution is 2.19. The highest BCUT2D eigenvalue weighted by atomic mass is 79.9. The van der Waals surface area contributed by atoms with Gasteiger partial charge in [0, 0.05) is 13.1 Å². The van der Waals surface area contributed by atoms with Crippen LogP contribution in [0.4, 0.5) is 4.39 Å². The summed E-state index contributed by atoms with van der Waals surface area (Å²) in [6.45, 7) is 1.85. The summed E-state index contributed by atoms with van der Waals surface area (Å²) in [5, 5.41) is 0. The van der Waals surface area contributed by atoms with Crippen molar-refractivity contribution in [2.45, 2.75) is 6.92 Å². The fourth-order valence-electron chi connectivity index (χ4n) is 1.18. The Morgan fingerprint density at radius 1 is 1.46 bits per heavy atom. The number of aryl methyl sites for hydroxylation is 2. The Morgan fingerprint density at radius 2 is 2.15 bits per heavy atom. The fourth-order valence-corrected chi connectivity index (χ4v) is 1.46. The van der Waals surface area contributed by atoms with Crippen molar-refractivity contribution in [3.8, 4) is 0 Å². The van der Waals surface area contributed by atoms with Gasteiger partial charge in [-0.2, -0.15) is 0 Å². The lowest BCUT2D eigenvalue weighted by Gasteiger charge is -1.96. The molecule has 0 aliphatic rings. The van der Waals surface area contributed by atoms with Gasteiger partial charge >= 0.3 is 0 Å². The van der Waals surface area contributed by atoms with Gasteiger partial charge in [-0.3, -0.25) is 0 Å². The van der Waals surface area contributed by atoms with Crippen LogP contribution in [0.15, 0.2) is 10.7 Å². The third kappa shape index (κ3) is 1.23. The van der Waals surface area contributed by atoms with E-state index in [1.165, 1.54) is 6.07 Å². The molecule has 2 aromatic rings. The summed E-state index contributed by atoms with van der Waals surface area (Å²) in [7, 11) is 1.83. The molecule has 0 N–H and O–H groups in total. The summed E-state index contributed by atoms with van der Waals surface area (Å²) in [6, 6.07) is 1.42. The molecular weight excluding hydrogens is 237 g/mol. The molecule has 0 radical (unpaired) electrons. The number of hydrogen-bond acceptors (Lipinski definition) is 2. The average Bonchev–Trinajstić information content (AvgIpc) is 2.32. The summed E-state index contributed by atoms with van der Waals surface area (Å²) in [6.07, 6.45) is 0. The molecule has 0 spiro atoms. The van der Waals surface area contributed by atoms with Crippen LogP contribution in [0.1, 0.15) is 5.82 Å². The van der Waals surface area contributed by atoms with Crippen LogP contribution in [0.5, 0.6) is 0 Å². The van der Waals surface area contributed by atoms with Crippen LogP contribution in [-0.2, 0) is 7.05 Å². The first-order chi connectivity index (χ1) is 6.09. The van der Waals surface area contributed by atoms with Gasteiger partial charge in [0.2, 0.25) is 0 Å². The van der Waals surface area contributed by atoms with Crippen LogP contribution in [0, 0.1) is 12.7 Å². The molecule has 0 atom stereocenters. The Labute approximate surface area is 82.7 Å². The van der Waals surface area contributed by atoms with Crippen LogP contribution in [0.2, 0.25) is 0 Å². The number of aromatic nitrogens is 3. The number of fused-ring (bicyclic) bond motifs is 1. The zero-order chi connectivity index (χ0) is 9.59. The van der Waals surface area contributed by atoms with Crippen molar-refractivity contribution in [1.29, 1.82) is 0 Å². The first-order valence-corrected chi connectivity index (χ1v) is 4.54. The van der Waals surface area contributed by atoms with Crippen LogP contribution < -0.4 is 0 Å². The highest BCUT2D eigenvalue weighted by Gasteiger charge is 2.09. The van der Waals surface area contributed by atoms with E-state index in [2.05, 4.69) is 25.9 Å². The molecule has 0 fully saturated rings. The summed E-state index contributed by atoms with van der Waals surface area (Å²) in [5.74, 6) is 0.454. The van der Waals surface area contributed by atoms with Crippen molar-refractivity contribution in [1.82, 2.24) is 14.5 Å². The second-order valence-corrected chi connectivity index (χ2v) is 3.57. The maximum absolute atomic E-state index is 13.1. The van der Waals surface area contributed by atoms with Crippen LogP contribution >= 0.6 is 15.9 Å². The summed E-state index contributed by atoms with van der Waals surface area (Å²) in [4.78, 5) is 8.14. The molecule has 2 aromatic heterocycles. The molecule has 0 bridgehead atoms. The second kappa shape index (κ2) is 2.77. The van der Waals surface area contributed by atoms with Gasteiger partial charge in [0.25, 0.3) is 0 Å². The van der Waals surface area contributed by atoms with E-state index in [9.17, 15) is 4.39 Å². The minimum atomic E-state index is -0.365. The summed E-state index contributed by atoms with van der Waals surface area (Å²) in [5.41, 5.74) is 1.27. The quantitative estimate of drug-likeness (QED) is 0.665. The van der Waals surface area contributed by atoms with Gasteiger partial charge < -0.3 is 4.57 Å². The Bertz CT molecular complexity index is 478. The first-order valence-electron chi connectivity index (χ1n) is 3.74. The van der Waals surface area contributed by atoms with Gasteiger partial charge in [0.15, 0.2) is 11.5 Å². The molecule has 0 unspecified atom stereocenters. The zero-order valence-corrected chi connectivity index (χ0v) is 8.76. The van der Waals surface area contributed by atoms with Gasteiger partial charge in [-0.1, -0.05) is 0 Å². The Kier molecular flexibility index (Phi) is 1.83. The highest BCUT2D eigenvalue weighted by molar-refractivity contribution is 9.10. The molecule has 5 heteroatoms. The van der Waals surface area contributed by atoms with E-state index in [0.29, 0.717) is 11.2 Å². The van der Waals surface area contributed by atoms with E-state index in [1.807, 2.05) is 14.0 Å². The Morgan fingerprint density at radius 3 is 2.85 bits per heavy atom. The number of nitrogens with zero attached hydrogens (tertiary/aromatic N) is 3. The maximum Gasteiger partial charge on any atom is 0.179 e. The fraction of sp³-hybridized carbons (Fsp3) is 0.250. The zero-order valence-electron chi connectivity index (χ0n) is 7.17. The van der Waals surface area contributed by atoms with Gasteiger partial charge in [0.05, 0.1) is 5.52 Å². The SMILES string of the molecule is Cc1nc2nc(Br)c(F)cc2n1C. The number of pyridine rings is 1. The molecule has 0 saturated heterocycles. The van der Waals surface area contributed by atoms with Gasteiger partial charge in [0.1, 0.15) is 10.4 Å². The number of hydrogen-bond donors (Lipinski definition) is 0. The van der Waals surface area contributed by atoms with Crippen LogP contribution in [0.25, 0.3) is 11.2 Å². The molecule has 0 aliphatic carbocycles. The Balaban J connectivity index is 2.89. The van der Waals surface area contributed by atoms with E-state index in [0.717, 1.165) is 5.82 Å². The van der Waals surface area contributed by atoms with Gasteiger partial charge in [-0.15, -0.1) is 0 Å². The van der Waals surface area contributed by atoms with Crippen molar-refractivity contribution in [2.24, 2.45) is 7.05 Å². The molecule has 0 aromatic carbocycles. The second-order valence-electron chi connectivity index (χ2n) is 2.82. The predicted octanol–water partition coefficient (Wildman–Crippen LogP) is 2.18. The van der Waals surface area contributed by atoms with E-state index in [1.54, 1.807) is 4.57 Å².